The summed E-state index contributed by atoms with van der Waals surface area (Å²) in [5, 5.41) is 8.34. The van der Waals surface area contributed by atoms with Crippen LogP contribution in [0.4, 0.5) is 5.69 Å². The van der Waals surface area contributed by atoms with Crippen molar-refractivity contribution in [3.8, 4) is 0 Å². The van der Waals surface area contributed by atoms with E-state index in [1.807, 2.05) is 38.1 Å². The minimum Gasteiger partial charge on any atom is -0.354 e. The van der Waals surface area contributed by atoms with Crippen LogP contribution < -0.4 is 16.0 Å². The summed E-state index contributed by atoms with van der Waals surface area (Å²) in [4.78, 5) is 35.7. The Labute approximate surface area is 165 Å². The van der Waals surface area contributed by atoms with Crippen LogP contribution in [0.1, 0.15) is 41.3 Å². The molecule has 2 rings (SSSR count). The van der Waals surface area contributed by atoms with Crippen LogP contribution in [-0.2, 0) is 16.0 Å². The minimum atomic E-state index is -0.223. The minimum absolute atomic E-state index is 0.0406. The zero-order valence-corrected chi connectivity index (χ0v) is 16.4. The Balaban J connectivity index is 1.70. The summed E-state index contributed by atoms with van der Waals surface area (Å²) in [5.74, 6) is -0.340. The zero-order valence-electron chi connectivity index (χ0n) is 16.4. The third kappa shape index (κ3) is 7.23. The van der Waals surface area contributed by atoms with E-state index in [1.54, 1.807) is 24.3 Å². The number of hydrogen-bond acceptors (Lipinski definition) is 3. The van der Waals surface area contributed by atoms with E-state index < -0.39 is 0 Å². The normalized spacial score (nSPS) is 10.2. The Kier molecular flexibility index (Phi) is 8.21. The first-order valence-corrected chi connectivity index (χ1v) is 9.48. The van der Waals surface area contributed by atoms with Crippen molar-refractivity contribution in [3.05, 3.63) is 65.2 Å². The predicted octanol–water partition coefficient (Wildman–Crippen LogP) is 2.82. The molecule has 0 fully saturated rings. The molecule has 0 spiro atoms. The molecule has 2 aromatic rings. The molecule has 0 atom stereocenters. The van der Waals surface area contributed by atoms with Gasteiger partial charge in [0, 0.05) is 30.8 Å². The Morgan fingerprint density at radius 3 is 2.29 bits per heavy atom. The van der Waals surface area contributed by atoms with Crippen LogP contribution >= 0.6 is 0 Å². The van der Waals surface area contributed by atoms with E-state index in [2.05, 4.69) is 16.0 Å². The summed E-state index contributed by atoms with van der Waals surface area (Å²) in [7, 11) is 0. The van der Waals surface area contributed by atoms with E-state index in [0.29, 0.717) is 37.2 Å². The maximum Gasteiger partial charge on any atom is 0.251 e. The van der Waals surface area contributed by atoms with E-state index in [9.17, 15) is 14.4 Å². The summed E-state index contributed by atoms with van der Waals surface area (Å²) < 4.78 is 0. The highest BCUT2D eigenvalue weighted by Crippen LogP contribution is 2.10. The van der Waals surface area contributed by atoms with Gasteiger partial charge in [-0.2, -0.15) is 0 Å². The molecule has 6 heteroatoms. The first-order valence-electron chi connectivity index (χ1n) is 9.48. The molecule has 0 saturated carbocycles. The molecule has 0 aliphatic carbocycles. The van der Waals surface area contributed by atoms with Gasteiger partial charge in [-0.05, 0) is 43.2 Å². The molecular formula is C22H27N3O3. The van der Waals surface area contributed by atoms with Crippen molar-refractivity contribution in [1.82, 2.24) is 10.6 Å². The van der Waals surface area contributed by atoms with Crippen molar-refractivity contribution >= 4 is 23.4 Å². The fourth-order valence-electron chi connectivity index (χ4n) is 2.71. The second-order valence-corrected chi connectivity index (χ2v) is 6.65. The average Bonchev–Trinajstić information content (AvgIpc) is 2.66. The third-order valence-corrected chi connectivity index (χ3v) is 4.09. The Morgan fingerprint density at radius 1 is 0.893 bits per heavy atom. The molecule has 6 nitrogen and oxygen atoms in total. The van der Waals surface area contributed by atoms with Crippen LogP contribution in [0.25, 0.3) is 0 Å². The molecule has 3 N–H and O–H groups in total. The number of carbonyl (C=O) groups is 3. The number of nitrogens with one attached hydrogen (secondary N) is 3. The summed E-state index contributed by atoms with van der Waals surface area (Å²) in [6.07, 6.45) is 1.58. The highest BCUT2D eigenvalue weighted by atomic mass is 16.2. The smallest absolute Gasteiger partial charge is 0.251 e. The molecule has 0 aliphatic heterocycles. The molecule has 0 unspecified atom stereocenters. The van der Waals surface area contributed by atoms with Crippen molar-refractivity contribution in [2.75, 3.05) is 18.4 Å². The summed E-state index contributed by atoms with van der Waals surface area (Å²) in [6.45, 7) is 4.63. The Bertz CT molecular complexity index is 816. The number of anilines is 1. The summed E-state index contributed by atoms with van der Waals surface area (Å²) >= 11 is 0. The number of hydrogen-bond donors (Lipinski definition) is 3. The topological polar surface area (TPSA) is 87.3 Å². The van der Waals surface area contributed by atoms with Crippen LogP contribution in [0, 0.1) is 6.92 Å². The van der Waals surface area contributed by atoms with Crippen LogP contribution in [0.3, 0.4) is 0 Å². The standard InChI is InChI=1S/C22H27N3O3/c1-3-5-20(26)25-19-10-8-18(9-11-19)22(28)24-13-12-23-21(27)15-17-7-4-6-16(2)14-17/h4,6-11,14H,3,5,12-13,15H2,1-2H3,(H,23,27)(H,24,28)(H,25,26). The first kappa shape index (κ1) is 21.2. The van der Waals surface area contributed by atoms with E-state index in [4.69, 9.17) is 0 Å². The van der Waals surface area contributed by atoms with Crippen molar-refractivity contribution in [2.24, 2.45) is 0 Å². The average molecular weight is 381 g/mol. The SMILES string of the molecule is CCCC(=O)Nc1ccc(C(=O)NCCNC(=O)Cc2cccc(C)c2)cc1. The number of carbonyl (C=O) groups excluding carboxylic acids is 3. The van der Waals surface area contributed by atoms with Gasteiger partial charge in [-0.1, -0.05) is 36.8 Å². The van der Waals surface area contributed by atoms with Gasteiger partial charge in [-0.15, -0.1) is 0 Å². The predicted molar refractivity (Wildman–Crippen MR) is 110 cm³/mol. The molecule has 2 aromatic carbocycles. The van der Waals surface area contributed by atoms with Crippen molar-refractivity contribution in [2.45, 2.75) is 33.1 Å². The van der Waals surface area contributed by atoms with Crippen molar-refractivity contribution in [1.29, 1.82) is 0 Å². The highest BCUT2D eigenvalue weighted by Gasteiger charge is 2.07. The van der Waals surface area contributed by atoms with Gasteiger partial charge in [0.15, 0.2) is 0 Å². The maximum atomic E-state index is 12.1. The summed E-state index contributed by atoms with van der Waals surface area (Å²) in [5.41, 5.74) is 3.25. The first-order chi connectivity index (χ1) is 13.5. The van der Waals surface area contributed by atoms with Gasteiger partial charge in [0.1, 0.15) is 0 Å². The largest absolute Gasteiger partial charge is 0.354 e. The molecule has 0 aliphatic rings. The van der Waals surface area contributed by atoms with Gasteiger partial charge >= 0.3 is 0 Å². The third-order valence-electron chi connectivity index (χ3n) is 4.09. The lowest BCUT2D eigenvalue weighted by Gasteiger charge is -2.09. The van der Waals surface area contributed by atoms with Gasteiger partial charge < -0.3 is 16.0 Å². The molecule has 3 amide bonds. The van der Waals surface area contributed by atoms with Crippen LogP contribution in [0.5, 0.6) is 0 Å². The number of aryl methyl sites for hydroxylation is 1. The van der Waals surface area contributed by atoms with E-state index in [-0.39, 0.29) is 17.7 Å². The molecular weight excluding hydrogens is 354 g/mol. The van der Waals surface area contributed by atoms with Gasteiger partial charge in [-0.3, -0.25) is 14.4 Å². The van der Waals surface area contributed by atoms with Crippen LogP contribution in [-0.4, -0.2) is 30.8 Å². The maximum absolute atomic E-state index is 12.1. The van der Waals surface area contributed by atoms with Crippen molar-refractivity contribution < 1.29 is 14.4 Å². The Hall–Kier alpha value is -3.15. The van der Waals surface area contributed by atoms with Gasteiger partial charge in [0.2, 0.25) is 11.8 Å². The van der Waals surface area contributed by atoms with Crippen molar-refractivity contribution in [3.63, 3.8) is 0 Å². The second-order valence-electron chi connectivity index (χ2n) is 6.65. The lowest BCUT2D eigenvalue weighted by atomic mass is 10.1. The molecule has 0 heterocycles. The fraction of sp³-hybridized carbons (Fsp3) is 0.318. The quantitative estimate of drug-likeness (QED) is 0.584. The fourth-order valence-corrected chi connectivity index (χ4v) is 2.71. The van der Waals surface area contributed by atoms with E-state index >= 15 is 0 Å². The summed E-state index contributed by atoms with van der Waals surface area (Å²) in [6, 6.07) is 14.5. The van der Waals surface area contributed by atoms with E-state index in [0.717, 1.165) is 17.5 Å². The highest BCUT2D eigenvalue weighted by molar-refractivity contribution is 5.95. The molecule has 0 aromatic heterocycles. The number of benzene rings is 2. The Morgan fingerprint density at radius 2 is 1.61 bits per heavy atom. The van der Waals surface area contributed by atoms with Gasteiger partial charge in [-0.25, -0.2) is 0 Å². The molecule has 0 saturated heterocycles. The molecule has 0 radical (unpaired) electrons. The zero-order chi connectivity index (χ0) is 20.4. The molecule has 28 heavy (non-hydrogen) atoms. The lowest BCUT2D eigenvalue weighted by Crippen LogP contribution is -2.35. The second kappa shape index (κ2) is 10.9. The number of amides is 3. The van der Waals surface area contributed by atoms with Crippen LogP contribution in [0.2, 0.25) is 0 Å². The van der Waals surface area contributed by atoms with E-state index in [1.165, 1.54) is 0 Å². The number of rotatable bonds is 9. The molecule has 148 valence electrons. The van der Waals surface area contributed by atoms with Crippen LogP contribution in [0.15, 0.2) is 48.5 Å². The van der Waals surface area contributed by atoms with Gasteiger partial charge in [0.25, 0.3) is 5.91 Å². The van der Waals surface area contributed by atoms with Gasteiger partial charge in [0.05, 0.1) is 6.42 Å². The molecule has 0 bridgehead atoms. The monoisotopic (exact) mass is 381 g/mol. The lowest BCUT2D eigenvalue weighted by molar-refractivity contribution is -0.120.